The van der Waals surface area contributed by atoms with Gasteiger partial charge in [-0.15, -0.1) is 0 Å². The number of hydrogen-bond donors (Lipinski definition) is 2. The first-order valence-corrected chi connectivity index (χ1v) is 17.4. The highest BCUT2D eigenvalue weighted by Crippen LogP contribution is 2.42. The van der Waals surface area contributed by atoms with E-state index in [0.29, 0.717) is 54.5 Å². The van der Waals surface area contributed by atoms with Crippen LogP contribution in [0.1, 0.15) is 97.1 Å². The van der Waals surface area contributed by atoms with E-state index in [1.54, 1.807) is 45.0 Å². The lowest BCUT2D eigenvalue weighted by Crippen LogP contribution is -2.46. The van der Waals surface area contributed by atoms with Gasteiger partial charge in [-0.3, -0.25) is 9.59 Å². The molecular formula is C40H44F3N3O5. The Labute approximate surface area is 296 Å². The third-order valence-corrected chi connectivity index (χ3v) is 9.42. The lowest BCUT2D eigenvalue weighted by molar-refractivity contribution is -0.149. The highest BCUT2D eigenvalue weighted by molar-refractivity contribution is 5.96. The molecule has 51 heavy (non-hydrogen) atoms. The van der Waals surface area contributed by atoms with Gasteiger partial charge < -0.3 is 25.0 Å². The van der Waals surface area contributed by atoms with Gasteiger partial charge in [0.1, 0.15) is 5.60 Å². The van der Waals surface area contributed by atoms with Crippen LogP contribution in [0, 0.1) is 5.92 Å². The van der Waals surface area contributed by atoms with Crippen LogP contribution in [0.4, 0.5) is 18.0 Å². The SMILES string of the molecule is C[C@@H](NC(=O)c1cc(C2=CCCN(C(=O)C3COC3)C2)cc(C2CC2)c1)c1ccc(-c2cc(C(F)(F)F)ccc2CNC(=O)OC(C)(C)C)cc1. The number of benzene rings is 3. The summed E-state index contributed by atoms with van der Waals surface area (Å²) in [7, 11) is 0. The summed E-state index contributed by atoms with van der Waals surface area (Å²) in [6.07, 6.45) is -0.166. The van der Waals surface area contributed by atoms with Crippen LogP contribution in [0.3, 0.4) is 0 Å². The zero-order valence-electron chi connectivity index (χ0n) is 29.4. The van der Waals surface area contributed by atoms with Crippen LogP contribution in [-0.2, 0) is 27.0 Å². The van der Waals surface area contributed by atoms with E-state index in [-0.39, 0.29) is 24.3 Å². The van der Waals surface area contributed by atoms with E-state index in [1.807, 2.05) is 24.0 Å². The third-order valence-electron chi connectivity index (χ3n) is 9.42. The molecule has 3 amide bonds. The molecule has 1 saturated carbocycles. The van der Waals surface area contributed by atoms with E-state index in [9.17, 15) is 27.6 Å². The van der Waals surface area contributed by atoms with E-state index < -0.39 is 29.5 Å². The number of nitrogens with zero attached hydrogens (tertiary/aromatic N) is 1. The van der Waals surface area contributed by atoms with E-state index in [1.165, 1.54) is 6.07 Å². The van der Waals surface area contributed by atoms with Crippen molar-refractivity contribution in [1.82, 2.24) is 15.5 Å². The molecule has 3 aromatic carbocycles. The Bertz CT molecular complexity index is 1820. The first kappa shape index (κ1) is 36.2. The smallest absolute Gasteiger partial charge is 0.416 e. The van der Waals surface area contributed by atoms with Crippen molar-refractivity contribution in [3.05, 3.63) is 100 Å². The summed E-state index contributed by atoms with van der Waals surface area (Å²) in [6, 6.07) is 16.0. The molecule has 3 aliphatic rings. The standard InChI is InChI=1S/C40H44F3N3O5/c1-24(25-7-11-27(12-8-25)35-19-34(40(41,42)43)14-13-28(35)20-44-38(49)51-39(2,3)4)45-36(47)32-17-30(26-9-10-26)16-31(18-32)29-6-5-15-46(21-29)37(48)33-22-50-23-33/h6-8,11-14,16-19,24,26,33H,5,9-10,15,20-23H2,1-4H3,(H,44,49)(H,45,47)/t24-/m1/s1. The fraction of sp³-hybridized carbons (Fsp3) is 0.425. The molecule has 0 aromatic heterocycles. The quantitative estimate of drug-likeness (QED) is 0.235. The first-order valence-electron chi connectivity index (χ1n) is 17.4. The Kier molecular flexibility index (Phi) is 10.3. The van der Waals surface area contributed by atoms with E-state index in [0.717, 1.165) is 53.7 Å². The van der Waals surface area contributed by atoms with Gasteiger partial charge in [0.15, 0.2) is 0 Å². The van der Waals surface area contributed by atoms with Crippen molar-refractivity contribution in [1.29, 1.82) is 0 Å². The van der Waals surface area contributed by atoms with Gasteiger partial charge in [-0.2, -0.15) is 13.2 Å². The molecule has 0 bridgehead atoms. The average Bonchev–Trinajstić information content (AvgIpc) is 3.91. The van der Waals surface area contributed by atoms with E-state index in [2.05, 4.69) is 22.8 Å². The van der Waals surface area contributed by atoms with Crippen LogP contribution in [0.5, 0.6) is 0 Å². The van der Waals surface area contributed by atoms with Gasteiger partial charge in [-0.05, 0) is 116 Å². The summed E-state index contributed by atoms with van der Waals surface area (Å²) < 4.78 is 51.6. The molecule has 1 saturated heterocycles. The van der Waals surface area contributed by atoms with Crippen molar-refractivity contribution in [2.75, 3.05) is 26.3 Å². The van der Waals surface area contributed by atoms with Gasteiger partial charge in [0.05, 0.1) is 30.7 Å². The Morgan fingerprint density at radius 2 is 1.69 bits per heavy atom. The van der Waals surface area contributed by atoms with Crippen LogP contribution in [0.25, 0.3) is 16.7 Å². The highest BCUT2D eigenvalue weighted by Gasteiger charge is 2.33. The van der Waals surface area contributed by atoms with Crippen LogP contribution < -0.4 is 10.6 Å². The van der Waals surface area contributed by atoms with Gasteiger partial charge in [0.2, 0.25) is 5.91 Å². The lowest BCUT2D eigenvalue weighted by atomic mass is 9.94. The number of alkyl halides is 3. The van der Waals surface area contributed by atoms with Gasteiger partial charge in [0.25, 0.3) is 5.91 Å². The van der Waals surface area contributed by atoms with E-state index >= 15 is 0 Å². The molecule has 0 unspecified atom stereocenters. The van der Waals surface area contributed by atoms with Crippen LogP contribution in [0.2, 0.25) is 0 Å². The van der Waals surface area contributed by atoms with Crippen molar-refractivity contribution in [2.24, 2.45) is 5.92 Å². The van der Waals surface area contributed by atoms with Gasteiger partial charge >= 0.3 is 12.3 Å². The molecule has 0 spiro atoms. The van der Waals surface area contributed by atoms with Gasteiger partial charge in [0, 0.05) is 25.2 Å². The summed E-state index contributed by atoms with van der Waals surface area (Å²) in [6.45, 7) is 9.11. The maximum absolute atomic E-state index is 13.7. The third kappa shape index (κ3) is 9.00. The molecule has 6 rings (SSSR count). The molecule has 1 atom stereocenters. The minimum absolute atomic E-state index is 0.0285. The lowest BCUT2D eigenvalue weighted by Gasteiger charge is -2.34. The highest BCUT2D eigenvalue weighted by atomic mass is 19.4. The number of amides is 3. The summed E-state index contributed by atoms with van der Waals surface area (Å²) >= 11 is 0. The number of carbonyl (C=O) groups excluding carboxylic acids is 3. The topological polar surface area (TPSA) is 97.0 Å². The number of carbonyl (C=O) groups is 3. The monoisotopic (exact) mass is 703 g/mol. The van der Waals surface area contributed by atoms with Crippen molar-refractivity contribution in [2.45, 2.75) is 77.2 Å². The molecule has 270 valence electrons. The maximum atomic E-state index is 13.7. The number of hydrogen-bond acceptors (Lipinski definition) is 5. The molecule has 2 N–H and O–H groups in total. The second-order valence-electron chi connectivity index (χ2n) is 14.7. The number of halogens is 3. The summed E-state index contributed by atoms with van der Waals surface area (Å²) in [5.74, 6) is 0.215. The molecule has 2 heterocycles. The van der Waals surface area contributed by atoms with Gasteiger partial charge in [-0.1, -0.05) is 42.5 Å². The zero-order chi connectivity index (χ0) is 36.5. The number of rotatable bonds is 9. The summed E-state index contributed by atoms with van der Waals surface area (Å²) in [4.78, 5) is 40.8. The minimum atomic E-state index is -4.54. The Hall–Kier alpha value is -4.64. The van der Waals surface area contributed by atoms with Crippen molar-refractivity contribution in [3.8, 4) is 11.1 Å². The van der Waals surface area contributed by atoms with Crippen LogP contribution in [-0.4, -0.2) is 54.7 Å². The molecular weight excluding hydrogens is 659 g/mol. The van der Waals surface area contributed by atoms with Crippen molar-refractivity contribution >= 4 is 23.5 Å². The minimum Gasteiger partial charge on any atom is -0.444 e. The van der Waals surface area contributed by atoms with E-state index in [4.69, 9.17) is 9.47 Å². The Morgan fingerprint density at radius 1 is 0.961 bits per heavy atom. The first-order chi connectivity index (χ1) is 24.1. The number of ether oxygens (including phenoxy) is 2. The molecule has 1 aliphatic carbocycles. The maximum Gasteiger partial charge on any atom is 0.416 e. The zero-order valence-corrected chi connectivity index (χ0v) is 29.4. The van der Waals surface area contributed by atoms with Crippen LogP contribution >= 0.6 is 0 Å². The largest absolute Gasteiger partial charge is 0.444 e. The van der Waals surface area contributed by atoms with Crippen molar-refractivity contribution < 1.29 is 37.0 Å². The summed E-state index contributed by atoms with van der Waals surface area (Å²) in [5.41, 5.74) is 4.24. The Morgan fingerprint density at radius 3 is 2.31 bits per heavy atom. The fourth-order valence-electron chi connectivity index (χ4n) is 6.37. The predicted octanol–water partition coefficient (Wildman–Crippen LogP) is 8.03. The van der Waals surface area contributed by atoms with Crippen LogP contribution in [0.15, 0.2) is 66.7 Å². The number of alkyl carbamates (subject to hydrolysis) is 1. The molecule has 2 fully saturated rings. The Balaban J connectivity index is 1.18. The summed E-state index contributed by atoms with van der Waals surface area (Å²) in [5, 5.41) is 5.72. The molecule has 8 nitrogen and oxygen atoms in total. The second kappa shape index (κ2) is 14.5. The van der Waals surface area contributed by atoms with Gasteiger partial charge in [-0.25, -0.2) is 4.79 Å². The molecule has 3 aromatic rings. The molecule has 0 radical (unpaired) electrons. The van der Waals surface area contributed by atoms with Crippen molar-refractivity contribution in [3.63, 3.8) is 0 Å². The molecule has 11 heteroatoms. The number of nitrogens with one attached hydrogen (secondary N) is 2. The molecule has 2 aliphatic heterocycles. The average molecular weight is 704 g/mol. The second-order valence-corrected chi connectivity index (χ2v) is 14.7. The predicted molar refractivity (Wildman–Crippen MR) is 188 cm³/mol. The fourth-order valence-corrected chi connectivity index (χ4v) is 6.37. The normalized spacial score (nSPS) is 17.2.